The average Bonchev–Trinajstić information content (AvgIpc) is 3.58. The van der Waals surface area contributed by atoms with Crippen molar-refractivity contribution in [3.8, 4) is 11.4 Å². The van der Waals surface area contributed by atoms with E-state index in [0.717, 1.165) is 33.2 Å². The summed E-state index contributed by atoms with van der Waals surface area (Å²) in [5.74, 6) is 0.0310. The summed E-state index contributed by atoms with van der Waals surface area (Å²) >= 11 is 0. The van der Waals surface area contributed by atoms with E-state index in [1.54, 1.807) is 0 Å². The maximum atomic E-state index is 13.4. The van der Waals surface area contributed by atoms with Crippen LogP contribution in [0.2, 0.25) is 0 Å². The van der Waals surface area contributed by atoms with Gasteiger partial charge in [0, 0.05) is 44.9 Å². The van der Waals surface area contributed by atoms with Gasteiger partial charge in [-0.05, 0) is 77.5 Å². The molecule has 2 aromatic heterocycles. The fourth-order valence-electron chi connectivity index (χ4n) is 5.95. The first kappa shape index (κ1) is 22.6. The van der Waals surface area contributed by atoms with E-state index in [0.29, 0.717) is 11.1 Å². The van der Waals surface area contributed by atoms with Gasteiger partial charge in [-0.2, -0.15) is 0 Å². The van der Waals surface area contributed by atoms with Gasteiger partial charge in [0.2, 0.25) is 0 Å². The highest BCUT2D eigenvalue weighted by Gasteiger charge is 2.16. The number of rotatable bonds is 4. The fourth-order valence-corrected chi connectivity index (χ4v) is 5.95. The Labute approximate surface area is 231 Å². The van der Waals surface area contributed by atoms with E-state index in [4.69, 9.17) is 0 Å². The zero-order chi connectivity index (χ0) is 26.6. The normalized spacial score (nSPS) is 11.6. The third-order valence-corrected chi connectivity index (χ3v) is 7.92. The Morgan fingerprint density at radius 3 is 2.02 bits per heavy atom. The van der Waals surface area contributed by atoms with Gasteiger partial charge >= 0.3 is 0 Å². The maximum Gasteiger partial charge on any atom is 0.193 e. The quantitative estimate of drug-likeness (QED) is 0.216. The van der Waals surface area contributed by atoms with Crippen LogP contribution in [0.25, 0.3) is 54.9 Å². The number of carbonyl (C=O) groups excluding carboxylic acids is 1. The molecule has 0 bridgehead atoms. The van der Waals surface area contributed by atoms with Gasteiger partial charge in [-0.1, -0.05) is 72.8 Å². The molecular formula is C37H24N2O. The summed E-state index contributed by atoms with van der Waals surface area (Å²) in [6.07, 6.45) is 2.14. The van der Waals surface area contributed by atoms with Crippen LogP contribution in [0.3, 0.4) is 0 Å². The Hall–Kier alpha value is -5.41. The number of carbonyl (C=O) groups is 1. The molecule has 0 amide bonds. The Balaban J connectivity index is 1.25. The second kappa shape index (κ2) is 8.82. The number of para-hydroxylation sites is 2. The minimum atomic E-state index is 0.0310. The Morgan fingerprint density at radius 1 is 0.450 bits per heavy atom. The predicted octanol–water partition coefficient (Wildman–Crippen LogP) is 9.11. The zero-order valence-corrected chi connectivity index (χ0v) is 21.7. The molecule has 0 spiro atoms. The van der Waals surface area contributed by atoms with Crippen molar-refractivity contribution in [2.75, 3.05) is 0 Å². The molecule has 0 aliphatic carbocycles. The van der Waals surface area contributed by atoms with Crippen LogP contribution >= 0.6 is 0 Å². The van der Waals surface area contributed by atoms with Crippen molar-refractivity contribution in [2.45, 2.75) is 0 Å². The van der Waals surface area contributed by atoms with Crippen LogP contribution in [-0.2, 0) is 0 Å². The van der Waals surface area contributed by atoms with E-state index in [9.17, 15) is 4.79 Å². The standard InChI is InChI=1S/C37H24N2O/c40-37(29-15-14-25-8-4-5-9-27(25)22-29)26-16-18-31(19-17-26)39-34-13-7-6-12-32(34)33-24-35-28(23-36(33)39)20-21-38(35)30-10-2-1-3-11-30/h1-24H. The van der Waals surface area contributed by atoms with Gasteiger partial charge in [0.1, 0.15) is 0 Å². The molecule has 0 saturated carbocycles. The van der Waals surface area contributed by atoms with Crippen molar-refractivity contribution in [1.82, 2.24) is 9.13 Å². The van der Waals surface area contributed by atoms with Gasteiger partial charge in [-0.25, -0.2) is 0 Å². The molecule has 0 N–H and O–H groups in total. The predicted molar refractivity (Wildman–Crippen MR) is 165 cm³/mol. The SMILES string of the molecule is O=C(c1ccc(-n2c3ccccc3c3cc4c(ccn4-c4ccccc4)cc32)cc1)c1ccc2ccccc2c1. The first-order chi connectivity index (χ1) is 19.7. The highest BCUT2D eigenvalue weighted by molar-refractivity contribution is 6.14. The largest absolute Gasteiger partial charge is 0.317 e. The van der Waals surface area contributed by atoms with Gasteiger partial charge < -0.3 is 9.13 Å². The molecule has 8 rings (SSSR count). The molecule has 0 fully saturated rings. The van der Waals surface area contributed by atoms with Crippen molar-refractivity contribution in [2.24, 2.45) is 0 Å². The molecule has 3 heteroatoms. The van der Waals surface area contributed by atoms with Crippen LogP contribution < -0.4 is 0 Å². The highest BCUT2D eigenvalue weighted by Crippen LogP contribution is 2.36. The molecule has 40 heavy (non-hydrogen) atoms. The first-order valence-electron chi connectivity index (χ1n) is 13.5. The van der Waals surface area contributed by atoms with E-state index < -0.39 is 0 Å². The van der Waals surface area contributed by atoms with Gasteiger partial charge in [0.25, 0.3) is 0 Å². The summed E-state index contributed by atoms with van der Waals surface area (Å²) in [4.78, 5) is 13.4. The lowest BCUT2D eigenvalue weighted by Gasteiger charge is -2.10. The van der Waals surface area contributed by atoms with Crippen molar-refractivity contribution < 1.29 is 4.79 Å². The van der Waals surface area contributed by atoms with Crippen molar-refractivity contribution in [3.05, 3.63) is 157 Å². The Morgan fingerprint density at radius 2 is 1.18 bits per heavy atom. The molecule has 2 heterocycles. The molecule has 6 aromatic carbocycles. The molecular weight excluding hydrogens is 488 g/mol. The van der Waals surface area contributed by atoms with Crippen LogP contribution in [0.15, 0.2) is 146 Å². The van der Waals surface area contributed by atoms with Gasteiger partial charge in [0.15, 0.2) is 5.78 Å². The molecule has 3 nitrogen and oxygen atoms in total. The maximum absolute atomic E-state index is 13.4. The van der Waals surface area contributed by atoms with Crippen molar-refractivity contribution >= 4 is 49.3 Å². The first-order valence-corrected chi connectivity index (χ1v) is 13.5. The fraction of sp³-hybridized carbons (Fsp3) is 0. The van der Waals surface area contributed by atoms with Crippen LogP contribution in [0.5, 0.6) is 0 Å². The second-order valence-corrected chi connectivity index (χ2v) is 10.2. The number of benzene rings is 6. The topological polar surface area (TPSA) is 26.9 Å². The summed E-state index contributed by atoms with van der Waals surface area (Å²) in [7, 11) is 0. The Bertz CT molecular complexity index is 2220. The third kappa shape index (κ3) is 3.49. The van der Waals surface area contributed by atoms with Crippen LogP contribution in [-0.4, -0.2) is 14.9 Å². The zero-order valence-electron chi connectivity index (χ0n) is 21.7. The van der Waals surface area contributed by atoms with Crippen LogP contribution in [0.4, 0.5) is 0 Å². The molecule has 188 valence electrons. The Kier molecular flexibility index (Phi) is 4.98. The number of hydrogen-bond acceptors (Lipinski definition) is 1. The van der Waals surface area contributed by atoms with E-state index in [1.807, 2.05) is 54.6 Å². The average molecular weight is 513 g/mol. The van der Waals surface area contributed by atoms with E-state index in [2.05, 4.69) is 100 Å². The van der Waals surface area contributed by atoms with E-state index in [-0.39, 0.29) is 5.78 Å². The van der Waals surface area contributed by atoms with Crippen LogP contribution in [0.1, 0.15) is 15.9 Å². The summed E-state index contributed by atoms with van der Waals surface area (Å²) in [6.45, 7) is 0. The summed E-state index contributed by atoms with van der Waals surface area (Å²) in [6, 6.07) is 47.8. The van der Waals surface area contributed by atoms with Gasteiger partial charge in [-0.15, -0.1) is 0 Å². The second-order valence-electron chi connectivity index (χ2n) is 10.2. The molecule has 0 saturated heterocycles. The van der Waals surface area contributed by atoms with Crippen molar-refractivity contribution in [3.63, 3.8) is 0 Å². The molecule has 0 aliphatic heterocycles. The number of nitrogens with zero attached hydrogens (tertiary/aromatic N) is 2. The lowest BCUT2D eigenvalue weighted by molar-refractivity contribution is 0.103. The smallest absolute Gasteiger partial charge is 0.193 e. The number of ketones is 1. The molecule has 0 radical (unpaired) electrons. The molecule has 0 unspecified atom stereocenters. The minimum absolute atomic E-state index is 0.0310. The number of fused-ring (bicyclic) bond motifs is 5. The highest BCUT2D eigenvalue weighted by atomic mass is 16.1. The molecule has 8 aromatic rings. The lowest BCUT2D eigenvalue weighted by Crippen LogP contribution is -2.02. The third-order valence-electron chi connectivity index (χ3n) is 7.92. The summed E-state index contributed by atoms with van der Waals surface area (Å²) in [5.41, 5.74) is 7.03. The summed E-state index contributed by atoms with van der Waals surface area (Å²) < 4.78 is 4.54. The molecule has 0 aliphatic rings. The monoisotopic (exact) mass is 512 g/mol. The number of aromatic nitrogens is 2. The van der Waals surface area contributed by atoms with Gasteiger partial charge in [0.05, 0.1) is 16.6 Å². The van der Waals surface area contributed by atoms with Gasteiger partial charge in [-0.3, -0.25) is 4.79 Å². The van der Waals surface area contributed by atoms with E-state index >= 15 is 0 Å². The van der Waals surface area contributed by atoms with E-state index in [1.165, 1.54) is 21.7 Å². The number of hydrogen-bond donors (Lipinski definition) is 0. The summed E-state index contributed by atoms with van der Waals surface area (Å²) in [5, 5.41) is 5.80. The van der Waals surface area contributed by atoms with Crippen LogP contribution in [0, 0.1) is 0 Å². The molecule has 0 atom stereocenters. The minimum Gasteiger partial charge on any atom is -0.317 e. The lowest BCUT2D eigenvalue weighted by atomic mass is 10.00. The van der Waals surface area contributed by atoms with Crippen molar-refractivity contribution in [1.29, 1.82) is 0 Å².